The van der Waals surface area contributed by atoms with E-state index in [0.29, 0.717) is 12.4 Å². The van der Waals surface area contributed by atoms with E-state index in [1.54, 1.807) is 11.8 Å². The Bertz CT molecular complexity index is 620. The van der Waals surface area contributed by atoms with Crippen LogP contribution in [0.3, 0.4) is 0 Å². The Kier molecular flexibility index (Phi) is 4.13. The molecule has 1 aromatic heterocycles. The zero-order chi connectivity index (χ0) is 14.7. The SMILES string of the molecule is CC(=O)CN(C)c1ccc(-c2ccc(C)cc2C)nn1. The second-order valence-corrected chi connectivity index (χ2v) is 5.15. The van der Waals surface area contributed by atoms with Crippen molar-refractivity contribution < 1.29 is 4.79 Å². The highest BCUT2D eigenvalue weighted by Gasteiger charge is 2.08. The van der Waals surface area contributed by atoms with Gasteiger partial charge >= 0.3 is 0 Å². The quantitative estimate of drug-likeness (QED) is 0.856. The van der Waals surface area contributed by atoms with E-state index in [4.69, 9.17) is 0 Å². The van der Waals surface area contributed by atoms with Gasteiger partial charge in [-0.3, -0.25) is 4.79 Å². The molecule has 0 aliphatic heterocycles. The molecule has 1 heterocycles. The highest BCUT2D eigenvalue weighted by Crippen LogP contribution is 2.22. The lowest BCUT2D eigenvalue weighted by Crippen LogP contribution is -2.24. The summed E-state index contributed by atoms with van der Waals surface area (Å²) in [5, 5.41) is 8.46. The molecular weight excluding hydrogens is 250 g/mol. The molecule has 2 aromatic rings. The van der Waals surface area contributed by atoms with Crippen LogP contribution < -0.4 is 4.90 Å². The van der Waals surface area contributed by atoms with Crippen molar-refractivity contribution in [1.82, 2.24) is 10.2 Å². The molecular formula is C16H19N3O. The van der Waals surface area contributed by atoms with Crippen molar-refractivity contribution in [1.29, 1.82) is 0 Å². The number of Topliss-reactive ketones (excluding diaryl/α,β-unsaturated/α-hetero) is 1. The molecule has 0 amide bonds. The van der Waals surface area contributed by atoms with E-state index in [-0.39, 0.29) is 5.78 Å². The number of ketones is 1. The van der Waals surface area contributed by atoms with E-state index in [1.807, 2.05) is 19.2 Å². The van der Waals surface area contributed by atoms with Crippen LogP contribution in [0, 0.1) is 13.8 Å². The van der Waals surface area contributed by atoms with E-state index in [9.17, 15) is 4.79 Å². The lowest BCUT2D eigenvalue weighted by atomic mass is 10.0. The second-order valence-electron chi connectivity index (χ2n) is 5.15. The standard InChI is InChI=1S/C16H19N3O/c1-11-5-6-14(12(2)9-11)15-7-8-16(18-17-15)19(4)10-13(3)20/h5-9H,10H2,1-4H3. The van der Waals surface area contributed by atoms with E-state index >= 15 is 0 Å². The molecule has 20 heavy (non-hydrogen) atoms. The van der Waals surface area contributed by atoms with Crippen molar-refractivity contribution in [3.8, 4) is 11.3 Å². The van der Waals surface area contributed by atoms with Crippen molar-refractivity contribution in [3.05, 3.63) is 41.5 Å². The summed E-state index contributed by atoms with van der Waals surface area (Å²) in [5.74, 6) is 0.807. The van der Waals surface area contributed by atoms with Gasteiger partial charge in [-0.15, -0.1) is 10.2 Å². The van der Waals surface area contributed by atoms with Gasteiger partial charge in [-0.05, 0) is 38.5 Å². The number of benzene rings is 1. The number of anilines is 1. The van der Waals surface area contributed by atoms with Crippen molar-refractivity contribution in [2.45, 2.75) is 20.8 Å². The van der Waals surface area contributed by atoms with Crippen LogP contribution in [0.25, 0.3) is 11.3 Å². The third-order valence-electron chi connectivity index (χ3n) is 3.16. The molecule has 1 aromatic carbocycles. The molecule has 0 aliphatic rings. The van der Waals surface area contributed by atoms with E-state index in [1.165, 1.54) is 11.1 Å². The predicted molar refractivity (Wildman–Crippen MR) is 80.9 cm³/mol. The first-order valence-corrected chi connectivity index (χ1v) is 6.59. The fourth-order valence-corrected chi connectivity index (χ4v) is 2.19. The molecule has 0 atom stereocenters. The van der Waals surface area contributed by atoms with E-state index in [0.717, 1.165) is 11.3 Å². The topological polar surface area (TPSA) is 46.1 Å². The normalized spacial score (nSPS) is 10.4. The van der Waals surface area contributed by atoms with Gasteiger partial charge in [0.25, 0.3) is 0 Å². The minimum atomic E-state index is 0.104. The lowest BCUT2D eigenvalue weighted by Gasteiger charge is -2.15. The maximum Gasteiger partial charge on any atom is 0.151 e. The number of aromatic nitrogens is 2. The Morgan fingerprint density at radius 2 is 1.90 bits per heavy atom. The molecule has 0 unspecified atom stereocenters. The van der Waals surface area contributed by atoms with Crippen LogP contribution in [0.2, 0.25) is 0 Å². The number of hydrogen-bond acceptors (Lipinski definition) is 4. The molecule has 0 fully saturated rings. The van der Waals surface area contributed by atoms with Crippen LogP contribution in [0.1, 0.15) is 18.1 Å². The monoisotopic (exact) mass is 269 g/mol. The van der Waals surface area contributed by atoms with Crippen LogP contribution in [-0.4, -0.2) is 29.6 Å². The van der Waals surface area contributed by atoms with Gasteiger partial charge in [-0.2, -0.15) is 0 Å². The average molecular weight is 269 g/mol. The van der Waals surface area contributed by atoms with Gasteiger partial charge in [0, 0.05) is 12.6 Å². The zero-order valence-corrected chi connectivity index (χ0v) is 12.3. The third kappa shape index (κ3) is 3.20. The number of nitrogens with zero attached hydrogens (tertiary/aromatic N) is 3. The lowest BCUT2D eigenvalue weighted by molar-refractivity contribution is -0.115. The number of carbonyl (C=O) groups is 1. The molecule has 0 spiro atoms. The fourth-order valence-electron chi connectivity index (χ4n) is 2.19. The first-order valence-electron chi connectivity index (χ1n) is 6.59. The summed E-state index contributed by atoms with van der Waals surface area (Å²) in [6.07, 6.45) is 0. The first kappa shape index (κ1) is 14.2. The number of rotatable bonds is 4. The molecule has 4 nitrogen and oxygen atoms in total. The fraction of sp³-hybridized carbons (Fsp3) is 0.312. The summed E-state index contributed by atoms with van der Waals surface area (Å²) in [6.45, 7) is 6.05. The minimum absolute atomic E-state index is 0.104. The molecule has 0 aliphatic carbocycles. The Labute approximate surface area is 119 Å². The molecule has 104 valence electrons. The van der Waals surface area contributed by atoms with E-state index in [2.05, 4.69) is 42.2 Å². The van der Waals surface area contributed by atoms with Gasteiger partial charge in [0.15, 0.2) is 5.82 Å². The van der Waals surface area contributed by atoms with Crippen LogP contribution in [-0.2, 0) is 4.79 Å². The molecule has 0 bridgehead atoms. The highest BCUT2D eigenvalue weighted by atomic mass is 16.1. The van der Waals surface area contributed by atoms with Gasteiger partial charge in [0.05, 0.1) is 12.2 Å². The number of carbonyl (C=O) groups excluding carboxylic acids is 1. The Hall–Kier alpha value is -2.23. The van der Waals surface area contributed by atoms with Crippen molar-refractivity contribution in [3.63, 3.8) is 0 Å². The summed E-state index contributed by atoms with van der Waals surface area (Å²) in [6, 6.07) is 10.1. The number of aryl methyl sites for hydroxylation is 2. The predicted octanol–water partition coefficient (Wildman–Crippen LogP) is 2.79. The molecule has 0 saturated heterocycles. The Morgan fingerprint density at radius 1 is 1.15 bits per heavy atom. The van der Waals surface area contributed by atoms with Gasteiger partial charge in [0.2, 0.25) is 0 Å². The van der Waals surface area contributed by atoms with E-state index < -0.39 is 0 Å². The van der Waals surface area contributed by atoms with Crippen LogP contribution >= 0.6 is 0 Å². The summed E-state index contributed by atoms with van der Waals surface area (Å²) >= 11 is 0. The third-order valence-corrected chi connectivity index (χ3v) is 3.16. The number of hydrogen-bond donors (Lipinski definition) is 0. The van der Waals surface area contributed by atoms with Gasteiger partial charge in [-0.25, -0.2) is 0 Å². The maximum absolute atomic E-state index is 11.1. The van der Waals surface area contributed by atoms with Crippen molar-refractivity contribution in [2.24, 2.45) is 0 Å². The largest absolute Gasteiger partial charge is 0.351 e. The molecule has 4 heteroatoms. The minimum Gasteiger partial charge on any atom is -0.351 e. The molecule has 0 N–H and O–H groups in total. The van der Waals surface area contributed by atoms with Crippen molar-refractivity contribution >= 4 is 11.6 Å². The molecule has 0 saturated carbocycles. The zero-order valence-electron chi connectivity index (χ0n) is 12.3. The molecule has 0 radical (unpaired) electrons. The Balaban J connectivity index is 2.25. The summed E-state index contributed by atoms with van der Waals surface area (Å²) in [5.41, 5.74) is 4.35. The van der Waals surface area contributed by atoms with Crippen LogP contribution in [0.5, 0.6) is 0 Å². The van der Waals surface area contributed by atoms with Gasteiger partial charge < -0.3 is 4.90 Å². The number of likely N-dealkylation sites (N-methyl/N-ethyl adjacent to an activating group) is 1. The second kappa shape index (κ2) is 5.82. The Morgan fingerprint density at radius 3 is 2.45 bits per heavy atom. The van der Waals surface area contributed by atoms with Crippen LogP contribution in [0.4, 0.5) is 5.82 Å². The van der Waals surface area contributed by atoms with Crippen molar-refractivity contribution in [2.75, 3.05) is 18.5 Å². The summed E-state index contributed by atoms with van der Waals surface area (Å²) < 4.78 is 0. The highest BCUT2D eigenvalue weighted by molar-refractivity contribution is 5.80. The molecule has 2 rings (SSSR count). The average Bonchev–Trinajstić information content (AvgIpc) is 2.38. The van der Waals surface area contributed by atoms with Crippen LogP contribution in [0.15, 0.2) is 30.3 Å². The van der Waals surface area contributed by atoms with Gasteiger partial charge in [0.1, 0.15) is 5.78 Å². The first-order chi connectivity index (χ1) is 9.47. The van der Waals surface area contributed by atoms with Gasteiger partial charge in [-0.1, -0.05) is 23.8 Å². The smallest absolute Gasteiger partial charge is 0.151 e. The summed E-state index contributed by atoms with van der Waals surface area (Å²) in [4.78, 5) is 12.9. The maximum atomic E-state index is 11.1. The summed E-state index contributed by atoms with van der Waals surface area (Å²) in [7, 11) is 1.84.